The van der Waals surface area contributed by atoms with Crippen LogP contribution in [0.4, 0.5) is 0 Å². The molecule has 0 amide bonds. The van der Waals surface area contributed by atoms with Gasteiger partial charge in [0.25, 0.3) is 0 Å². The van der Waals surface area contributed by atoms with Crippen LogP contribution < -0.4 is 4.74 Å². The Balaban J connectivity index is 2.77. The van der Waals surface area contributed by atoms with Gasteiger partial charge < -0.3 is 9.64 Å². The van der Waals surface area contributed by atoms with Gasteiger partial charge in [0.1, 0.15) is 5.75 Å². The summed E-state index contributed by atoms with van der Waals surface area (Å²) in [7, 11) is 3.73. The van der Waals surface area contributed by atoms with Gasteiger partial charge in [0.05, 0.1) is 7.11 Å². The fourth-order valence-corrected chi connectivity index (χ4v) is 2.08. The highest BCUT2D eigenvalue weighted by Crippen LogP contribution is 2.23. The Morgan fingerprint density at radius 2 is 2.20 bits per heavy atom. The van der Waals surface area contributed by atoms with Crippen LogP contribution in [0.1, 0.15) is 5.56 Å². The second-order valence-corrected chi connectivity index (χ2v) is 4.68. The standard InChI is InChI=1S/C11H15BrClNO/c1-14(6-5-13)8-9-7-10(12)3-4-11(9)15-2/h3-4,7H,5-6,8H2,1-2H3. The molecule has 2 nitrogen and oxygen atoms in total. The molecule has 1 rings (SSSR count). The third-order valence-corrected chi connectivity index (χ3v) is 2.81. The third kappa shape index (κ3) is 4.01. The lowest BCUT2D eigenvalue weighted by Gasteiger charge is -2.17. The van der Waals surface area contributed by atoms with E-state index in [4.69, 9.17) is 16.3 Å². The fraction of sp³-hybridized carbons (Fsp3) is 0.455. The Labute approximate surface area is 104 Å². The largest absolute Gasteiger partial charge is 0.496 e. The summed E-state index contributed by atoms with van der Waals surface area (Å²) in [5.41, 5.74) is 1.17. The highest BCUT2D eigenvalue weighted by molar-refractivity contribution is 9.10. The zero-order valence-electron chi connectivity index (χ0n) is 8.96. The lowest BCUT2D eigenvalue weighted by atomic mass is 10.2. The number of methoxy groups -OCH3 is 1. The van der Waals surface area contributed by atoms with Crippen LogP contribution in [0, 0.1) is 0 Å². The average Bonchev–Trinajstić information content (AvgIpc) is 2.18. The summed E-state index contributed by atoms with van der Waals surface area (Å²) < 4.78 is 6.37. The fourth-order valence-electron chi connectivity index (χ4n) is 1.38. The molecule has 0 aromatic heterocycles. The van der Waals surface area contributed by atoms with E-state index in [0.29, 0.717) is 5.88 Å². The number of alkyl halides is 1. The molecule has 0 atom stereocenters. The van der Waals surface area contributed by atoms with E-state index in [-0.39, 0.29) is 0 Å². The zero-order chi connectivity index (χ0) is 11.3. The van der Waals surface area contributed by atoms with Gasteiger partial charge in [-0.15, -0.1) is 11.6 Å². The maximum absolute atomic E-state index is 5.69. The van der Waals surface area contributed by atoms with Crippen molar-refractivity contribution in [2.75, 3.05) is 26.6 Å². The molecular formula is C11H15BrClNO. The van der Waals surface area contributed by atoms with Crippen LogP contribution in [0.3, 0.4) is 0 Å². The van der Waals surface area contributed by atoms with Gasteiger partial charge in [-0.05, 0) is 25.2 Å². The van der Waals surface area contributed by atoms with Crippen molar-refractivity contribution in [3.8, 4) is 5.75 Å². The van der Waals surface area contributed by atoms with Gasteiger partial charge in [-0.25, -0.2) is 0 Å². The zero-order valence-corrected chi connectivity index (χ0v) is 11.3. The summed E-state index contributed by atoms with van der Waals surface area (Å²) in [4.78, 5) is 2.16. The molecule has 0 spiro atoms. The van der Waals surface area contributed by atoms with Crippen LogP contribution in [-0.4, -0.2) is 31.5 Å². The summed E-state index contributed by atoms with van der Waals surface area (Å²) in [6, 6.07) is 6.02. The topological polar surface area (TPSA) is 12.5 Å². The normalized spacial score (nSPS) is 10.7. The molecule has 0 aliphatic rings. The molecule has 0 saturated carbocycles. The lowest BCUT2D eigenvalue weighted by molar-refractivity contribution is 0.334. The molecule has 0 fully saturated rings. The molecule has 0 radical (unpaired) electrons. The van der Waals surface area contributed by atoms with E-state index in [1.165, 1.54) is 5.56 Å². The summed E-state index contributed by atoms with van der Waals surface area (Å²) in [5, 5.41) is 0. The average molecular weight is 293 g/mol. The number of nitrogens with zero attached hydrogens (tertiary/aromatic N) is 1. The molecule has 1 aromatic rings. The van der Waals surface area contributed by atoms with Gasteiger partial charge in [-0.2, -0.15) is 0 Å². The first kappa shape index (κ1) is 12.8. The predicted octanol–water partition coefficient (Wildman–Crippen LogP) is 3.13. The highest BCUT2D eigenvalue weighted by Gasteiger charge is 2.06. The maximum atomic E-state index is 5.69. The van der Waals surface area contributed by atoms with Crippen LogP contribution in [0.2, 0.25) is 0 Å². The number of benzene rings is 1. The number of halogens is 2. The quantitative estimate of drug-likeness (QED) is 0.773. The summed E-state index contributed by atoms with van der Waals surface area (Å²) >= 11 is 9.14. The van der Waals surface area contributed by atoms with Crippen LogP contribution in [-0.2, 0) is 6.54 Å². The van der Waals surface area contributed by atoms with Crippen LogP contribution in [0.15, 0.2) is 22.7 Å². The van der Waals surface area contributed by atoms with Gasteiger partial charge in [-0.1, -0.05) is 15.9 Å². The molecule has 0 aliphatic carbocycles. The number of rotatable bonds is 5. The highest BCUT2D eigenvalue weighted by atomic mass is 79.9. The summed E-state index contributed by atoms with van der Waals surface area (Å²) in [5.74, 6) is 1.56. The van der Waals surface area contributed by atoms with Crippen LogP contribution >= 0.6 is 27.5 Å². The van der Waals surface area contributed by atoms with Gasteiger partial charge in [-0.3, -0.25) is 0 Å². The van der Waals surface area contributed by atoms with Gasteiger partial charge >= 0.3 is 0 Å². The van der Waals surface area contributed by atoms with E-state index in [1.807, 2.05) is 19.2 Å². The Morgan fingerprint density at radius 1 is 1.47 bits per heavy atom. The van der Waals surface area contributed by atoms with Gasteiger partial charge in [0.15, 0.2) is 0 Å². The van der Waals surface area contributed by atoms with Crippen molar-refractivity contribution in [2.24, 2.45) is 0 Å². The van der Waals surface area contributed by atoms with Crippen molar-refractivity contribution in [2.45, 2.75) is 6.54 Å². The van der Waals surface area contributed by atoms with Gasteiger partial charge in [0, 0.05) is 29.0 Å². The predicted molar refractivity (Wildman–Crippen MR) is 67.7 cm³/mol. The first-order valence-electron chi connectivity index (χ1n) is 4.74. The smallest absolute Gasteiger partial charge is 0.123 e. The Morgan fingerprint density at radius 3 is 2.80 bits per heavy atom. The molecule has 0 heterocycles. The molecule has 0 aliphatic heterocycles. The number of hydrogen-bond donors (Lipinski definition) is 0. The Kier molecular flexibility index (Phi) is 5.43. The van der Waals surface area contributed by atoms with Gasteiger partial charge in [0.2, 0.25) is 0 Å². The first-order chi connectivity index (χ1) is 7.17. The van der Waals surface area contributed by atoms with Crippen molar-refractivity contribution in [1.29, 1.82) is 0 Å². The molecule has 0 bridgehead atoms. The lowest BCUT2D eigenvalue weighted by Crippen LogP contribution is -2.20. The van der Waals surface area contributed by atoms with E-state index in [9.17, 15) is 0 Å². The first-order valence-corrected chi connectivity index (χ1v) is 6.07. The second kappa shape index (κ2) is 6.36. The minimum Gasteiger partial charge on any atom is -0.496 e. The van der Waals surface area contributed by atoms with Crippen molar-refractivity contribution >= 4 is 27.5 Å². The van der Waals surface area contributed by atoms with Crippen molar-refractivity contribution in [3.05, 3.63) is 28.2 Å². The third-order valence-electron chi connectivity index (χ3n) is 2.15. The molecule has 0 unspecified atom stereocenters. The van der Waals surface area contributed by atoms with E-state index in [2.05, 4.69) is 26.9 Å². The molecule has 84 valence electrons. The Bertz CT molecular complexity index is 319. The maximum Gasteiger partial charge on any atom is 0.123 e. The van der Waals surface area contributed by atoms with Crippen LogP contribution in [0.25, 0.3) is 0 Å². The van der Waals surface area contributed by atoms with Crippen molar-refractivity contribution < 1.29 is 4.74 Å². The van der Waals surface area contributed by atoms with E-state index in [1.54, 1.807) is 7.11 Å². The SMILES string of the molecule is COc1ccc(Br)cc1CN(C)CCCl. The Hall–Kier alpha value is -0.250. The van der Waals surface area contributed by atoms with Crippen molar-refractivity contribution in [1.82, 2.24) is 4.90 Å². The van der Waals surface area contributed by atoms with E-state index in [0.717, 1.165) is 23.3 Å². The second-order valence-electron chi connectivity index (χ2n) is 3.38. The number of ether oxygens (including phenoxy) is 1. The molecule has 4 heteroatoms. The monoisotopic (exact) mass is 291 g/mol. The van der Waals surface area contributed by atoms with E-state index < -0.39 is 0 Å². The minimum absolute atomic E-state index is 0.646. The van der Waals surface area contributed by atoms with Crippen LogP contribution in [0.5, 0.6) is 5.75 Å². The number of hydrogen-bond acceptors (Lipinski definition) is 2. The molecular weight excluding hydrogens is 277 g/mol. The minimum atomic E-state index is 0.646. The molecule has 15 heavy (non-hydrogen) atoms. The van der Waals surface area contributed by atoms with Crippen molar-refractivity contribution in [3.63, 3.8) is 0 Å². The molecule has 0 N–H and O–H groups in total. The van der Waals surface area contributed by atoms with E-state index >= 15 is 0 Å². The summed E-state index contributed by atoms with van der Waals surface area (Å²) in [6.07, 6.45) is 0. The summed E-state index contributed by atoms with van der Waals surface area (Å²) in [6.45, 7) is 1.71. The molecule has 1 aromatic carbocycles. The molecule has 0 saturated heterocycles.